The van der Waals surface area contributed by atoms with Gasteiger partial charge in [-0.15, -0.1) is 11.3 Å². The van der Waals surface area contributed by atoms with E-state index in [4.69, 9.17) is 0 Å². The number of fused-ring (bicyclic) bond motifs is 1. The predicted molar refractivity (Wildman–Crippen MR) is 69.1 cm³/mol. The van der Waals surface area contributed by atoms with Crippen molar-refractivity contribution in [2.24, 2.45) is 7.05 Å². The van der Waals surface area contributed by atoms with Crippen LogP contribution >= 0.6 is 11.3 Å². The third-order valence-corrected chi connectivity index (χ3v) is 3.79. The molecule has 3 nitrogen and oxygen atoms in total. The highest BCUT2D eigenvalue weighted by Crippen LogP contribution is 2.31. The van der Waals surface area contributed by atoms with Gasteiger partial charge in [-0.3, -0.25) is 0 Å². The number of thiophene rings is 1. The van der Waals surface area contributed by atoms with Crippen LogP contribution in [0.2, 0.25) is 0 Å². The van der Waals surface area contributed by atoms with E-state index in [-0.39, 0.29) is 0 Å². The molecule has 3 aromatic rings. The molecule has 0 bridgehead atoms. The molecule has 1 N–H and O–H groups in total. The minimum absolute atomic E-state index is 0.654. The number of imidazole rings is 1. The lowest BCUT2D eigenvalue weighted by molar-refractivity contribution is 0.217. The van der Waals surface area contributed by atoms with Crippen molar-refractivity contribution in [1.29, 1.82) is 0 Å². The molecule has 86 valence electrons. The van der Waals surface area contributed by atoms with Crippen molar-refractivity contribution < 1.29 is 5.11 Å². The highest BCUT2D eigenvalue weighted by Gasteiger charge is 2.16. The number of aliphatic hydroxyl groups excluding tert-OH is 1. The van der Waals surface area contributed by atoms with Crippen LogP contribution in [0.1, 0.15) is 17.4 Å². The van der Waals surface area contributed by atoms with Crippen molar-refractivity contribution in [3.8, 4) is 0 Å². The van der Waals surface area contributed by atoms with Crippen LogP contribution in [0.4, 0.5) is 0 Å². The first kappa shape index (κ1) is 10.5. The second-order valence-corrected chi connectivity index (χ2v) is 4.97. The number of nitrogens with zero attached hydrogens (tertiary/aromatic N) is 2. The fraction of sp³-hybridized carbons (Fsp3) is 0.154. The maximum Gasteiger partial charge on any atom is 0.124 e. The molecule has 0 spiro atoms. The third kappa shape index (κ3) is 1.75. The van der Waals surface area contributed by atoms with Gasteiger partial charge in [0.05, 0.1) is 12.0 Å². The van der Waals surface area contributed by atoms with Crippen LogP contribution in [0.25, 0.3) is 10.1 Å². The normalized spacial score (nSPS) is 13.1. The Morgan fingerprint density at radius 3 is 3.00 bits per heavy atom. The van der Waals surface area contributed by atoms with Gasteiger partial charge >= 0.3 is 0 Å². The van der Waals surface area contributed by atoms with E-state index in [1.807, 2.05) is 35.3 Å². The molecular weight excluding hydrogens is 232 g/mol. The van der Waals surface area contributed by atoms with Crippen molar-refractivity contribution >= 4 is 21.4 Å². The SMILES string of the molecule is Cn1cnc(C(O)c2cccc3ccsc23)c1. The molecule has 0 aliphatic heterocycles. The summed E-state index contributed by atoms with van der Waals surface area (Å²) in [6.07, 6.45) is 2.89. The average molecular weight is 244 g/mol. The van der Waals surface area contributed by atoms with Crippen molar-refractivity contribution in [2.75, 3.05) is 0 Å². The lowest BCUT2D eigenvalue weighted by Crippen LogP contribution is -2.00. The lowest BCUT2D eigenvalue weighted by Gasteiger charge is -2.09. The Bertz CT molecular complexity index is 656. The zero-order valence-corrected chi connectivity index (χ0v) is 10.2. The molecule has 1 unspecified atom stereocenters. The quantitative estimate of drug-likeness (QED) is 0.752. The average Bonchev–Trinajstić information content (AvgIpc) is 2.95. The summed E-state index contributed by atoms with van der Waals surface area (Å²) < 4.78 is 2.97. The van der Waals surface area contributed by atoms with E-state index in [0.29, 0.717) is 5.69 Å². The Morgan fingerprint density at radius 1 is 1.35 bits per heavy atom. The number of aryl methyl sites for hydroxylation is 1. The predicted octanol–water partition coefficient (Wildman–Crippen LogP) is 2.72. The van der Waals surface area contributed by atoms with Crippen LogP contribution in [-0.2, 0) is 7.05 Å². The number of aliphatic hydroxyl groups is 1. The first-order chi connectivity index (χ1) is 8.25. The first-order valence-electron chi connectivity index (χ1n) is 5.38. The summed E-state index contributed by atoms with van der Waals surface area (Å²) >= 11 is 1.65. The summed E-state index contributed by atoms with van der Waals surface area (Å²) in [5.41, 5.74) is 1.62. The molecule has 0 radical (unpaired) electrons. The highest BCUT2D eigenvalue weighted by molar-refractivity contribution is 7.17. The summed E-state index contributed by atoms with van der Waals surface area (Å²) in [5, 5.41) is 13.6. The zero-order valence-electron chi connectivity index (χ0n) is 9.37. The minimum Gasteiger partial charge on any atom is -0.382 e. The topological polar surface area (TPSA) is 38.0 Å². The molecule has 4 heteroatoms. The summed E-state index contributed by atoms with van der Waals surface area (Å²) in [5.74, 6) is 0. The molecular formula is C13H12N2OS. The van der Waals surface area contributed by atoms with Gasteiger partial charge < -0.3 is 9.67 Å². The van der Waals surface area contributed by atoms with Crippen LogP contribution in [0.3, 0.4) is 0 Å². The Morgan fingerprint density at radius 2 is 2.24 bits per heavy atom. The van der Waals surface area contributed by atoms with Gasteiger partial charge in [-0.25, -0.2) is 4.98 Å². The zero-order chi connectivity index (χ0) is 11.8. The van der Waals surface area contributed by atoms with E-state index < -0.39 is 6.10 Å². The van der Waals surface area contributed by atoms with Gasteiger partial charge in [0.15, 0.2) is 0 Å². The number of benzene rings is 1. The van der Waals surface area contributed by atoms with Gasteiger partial charge in [-0.1, -0.05) is 18.2 Å². The van der Waals surface area contributed by atoms with Crippen molar-refractivity contribution in [3.63, 3.8) is 0 Å². The van der Waals surface area contributed by atoms with E-state index in [0.717, 1.165) is 10.3 Å². The second kappa shape index (κ2) is 3.98. The molecule has 0 aliphatic rings. The van der Waals surface area contributed by atoms with Crippen molar-refractivity contribution in [1.82, 2.24) is 9.55 Å². The molecule has 0 amide bonds. The summed E-state index contributed by atoms with van der Waals surface area (Å²) in [7, 11) is 1.90. The van der Waals surface area contributed by atoms with Gasteiger partial charge in [0, 0.05) is 23.5 Å². The Labute approximate surface area is 103 Å². The lowest BCUT2D eigenvalue weighted by atomic mass is 10.1. The molecule has 1 atom stereocenters. The molecule has 2 aromatic heterocycles. The maximum atomic E-state index is 10.4. The van der Waals surface area contributed by atoms with Crippen LogP contribution in [0, 0.1) is 0 Å². The summed E-state index contributed by atoms with van der Waals surface area (Å²) in [4.78, 5) is 4.20. The number of hydrogen-bond acceptors (Lipinski definition) is 3. The van der Waals surface area contributed by atoms with E-state index >= 15 is 0 Å². The molecule has 3 rings (SSSR count). The Hall–Kier alpha value is -1.65. The minimum atomic E-state index is -0.654. The molecule has 0 aliphatic carbocycles. The standard InChI is InChI=1S/C13H12N2OS/c1-15-7-11(14-8-15)12(16)10-4-2-3-9-5-6-17-13(9)10/h2-8,12,16H,1H3. The third-order valence-electron chi connectivity index (χ3n) is 2.81. The number of rotatable bonds is 2. The van der Waals surface area contributed by atoms with Crippen LogP contribution in [0.15, 0.2) is 42.2 Å². The van der Waals surface area contributed by atoms with Crippen LogP contribution < -0.4 is 0 Å². The molecule has 0 saturated carbocycles. The smallest absolute Gasteiger partial charge is 0.124 e. The van der Waals surface area contributed by atoms with E-state index in [2.05, 4.69) is 17.1 Å². The number of aromatic nitrogens is 2. The Kier molecular flexibility index (Phi) is 2.46. The molecule has 1 aromatic carbocycles. The molecule has 17 heavy (non-hydrogen) atoms. The maximum absolute atomic E-state index is 10.4. The van der Waals surface area contributed by atoms with Gasteiger partial charge in [-0.2, -0.15) is 0 Å². The second-order valence-electron chi connectivity index (χ2n) is 4.05. The Balaban J connectivity index is 2.12. The van der Waals surface area contributed by atoms with Gasteiger partial charge in [0.2, 0.25) is 0 Å². The van der Waals surface area contributed by atoms with Gasteiger partial charge in [-0.05, 0) is 16.8 Å². The van der Waals surface area contributed by atoms with Gasteiger partial charge in [0.25, 0.3) is 0 Å². The summed E-state index contributed by atoms with van der Waals surface area (Å²) in [6.45, 7) is 0. The van der Waals surface area contributed by atoms with E-state index in [1.54, 1.807) is 17.7 Å². The molecule has 0 saturated heterocycles. The van der Waals surface area contributed by atoms with E-state index in [1.165, 1.54) is 5.39 Å². The van der Waals surface area contributed by atoms with Crippen molar-refractivity contribution in [2.45, 2.75) is 6.10 Å². The van der Waals surface area contributed by atoms with Crippen LogP contribution in [0.5, 0.6) is 0 Å². The first-order valence-corrected chi connectivity index (χ1v) is 6.26. The van der Waals surface area contributed by atoms with Crippen LogP contribution in [-0.4, -0.2) is 14.7 Å². The summed E-state index contributed by atoms with van der Waals surface area (Å²) in [6, 6.07) is 8.05. The molecule has 2 heterocycles. The largest absolute Gasteiger partial charge is 0.382 e. The molecule has 0 fully saturated rings. The monoisotopic (exact) mass is 244 g/mol. The van der Waals surface area contributed by atoms with E-state index in [9.17, 15) is 5.11 Å². The van der Waals surface area contributed by atoms with Gasteiger partial charge in [0.1, 0.15) is 6.10 Å². The number of hydrogen-bond donors (Lipinski definition) is 1. The highest BCUT2D eigenvalue weighted by atomic mass is 32.1. The van der Waals surface area contributed by atoms with Crippen molar-refractivity contribution in [3.05, 3.63) is 53.4 Å². The fourth-order valence-electron chi connectivity index (χ4n) is 1.97. The fourth-order valence-corrected chi connectivity index (χ4v) is 2.90.